The number of aromatic nitrogens is 2. The second kappa shape index (κ2) is 12.0. The lowest BCUT2D eigenvalue weighted by Crippen LogP contribution is -2.55. The number of carbonyl (C=O) groups is 1. The summed E-state index contributed by atoms with van der Waals surface area (Å²) < 4.78 is 30.5. The van der Waals surface area contributed by atoms with Crippen LogP contribution in [0.5, 0.6) is 0 Å². The molecule has 2 aromatic heterocycles. The van der Waals surface area contributed by atoms with Crippen LogP contribution in [0.15, 0.2) is 36.7 Å². The molecule has 4 heterocycles. The molecule has 2 fully saturated rings. The van der Waals surface area contributed by atoms with Gasteiger partial charge in [0.25, 0.3) is 0 Å². The monoisotopic (exact) mass is 540 g/mol. The number of piperidine rings is 2. The first-order chi connectivity index (χ1) is 17.2. The number of hydrogen-bond acceptors (Lipinski definition) is 5. The molecular weight excluding hydrogens is 509 g/mol. The van der Waals surface area contributed by atoms with Crippen LogP contribution in [0.3, 0.4) is 0 Å². The molecule has 11 heteroatoms. The van der Waals surface area contributed by atoms with E-state index in [0.29, 0.717) is 49.3 Å². The van der Waals surface area contributed by atoms with E-state index in [1.165, 1.54) is 0 Å². The van der Waals surface area contributed by atoms with Crippen molar-refractivity contribution in [3.05, 3.63) is 58.1 Å². The molecular formula is C25H32Cl2F2N6O. The predicted octanol–water partition coefficient (Wildman–Crippen LogP) is 4.39. The summed E-state index contributed by atoms with van der Waals surface area (Å²) in [7, 11) is 0. The van der Waals surface area contributed by atoms with Crippen molar-refractivity contribution in [2.45, 2.75) is 50.1 Å². The molecule has 0 bridgehead atoms. The van der Waals surface area contributed by atoms with Crippen LogP contribution in [0.4, 0.5) is 13.6 Å². The van der Waals surface area contributed by atoms with Gasteiger partial charge in [-0.05, 0) is 24.3 Å². The predicted molar refractivity (Wildman–Crippen MR) is 137 cm³/mol. The van der Waals surface area contributed by atoms with Gasteiger partial charge >= 0.3 is 6.03 Å². The van der Waals surface area contributed by atoms with Crippen LogP contribution in [0.25, 0.3) is 0 Å². The van der Waals surface area contributed by atoms with Crippen LogP contribution in [-0.4, -0.2) is 76.4 Å². The van der Waals surface area contributed by atoms with Crippen LogP contribution >= 0.6 is 23.2 Å². The zero-order valence-corrected chi connectivity index (χ0v) is 21.7. The van der Waals surface area contributed by atoms with Gasteiger partial charge in [0, 0.05) is 90.4 Å². The van der Waals surface area contributed by atoms with Gasteiger partial charge < -0.3 is 20.4 Å². The lowest BCUT2D eigenvalue weighted by atomic mass is 9.92. The average Bonchev–Trinajstić information content (AvgIpc) is 2.87. The molecule has 0 atom stereocenters. The molecule has 196 valence electrons. The van der Waals surface area contributed by atoms with Crippen molar-refractivity contribution in [1.29, 1.82) is 0 Å². The van der Waals surface area contributed by atoms with Crippen molar-refractivity contribution in [2.75, 3.05) is 39.3 Å². The average molecular weight is 541 g/mol. The molecule has 36 heavy (non-hydrogen) atoms. The van der Waals surface area contributed by atoms with Crippen LogP contribution in [0.1, 0.15) is 37.1 Å². The molecule has 2 aliphatic rings. The van der Waals surface area contributed by atoms with E-state index in [4.69, 9.17) is 23.2 Å². The standard InChI is InChI=1S/C25H32Cl2F2N6O/c26-19-1-3-21(32-13-19)15-30-17-24(28)5-9-34(10-6-24)23(36)35-11-7-25(29,8-12-35)18-31-16-22-4-2-20(27)14-33-22/h1-4,13-14,30-31H,5-12,15-18H2. The zero-order valence-electron chi connectivity index (χ0n) is 20.2. The first-order valence-electron chi connectivity index (χ1n) is 12.3. The Bertz CT molecular complexity index is 915. The summed E-state index contributed by atoms with van der Waals surface area (Å²) in [5.41, 5.74) is -1.16. The molecule has 0 spiro atoms. The highest BCUT2D eigenvalue weighted by Crippen LogP contribution is 2.29. The second-order valence-corrected chi connectivity index (χ2v) is 10.6. The summed E-state index contributed by atoms with van der Waals surface area (Å²) in [6.07, 6.45) is 4.20. The molecule has 0 aromatic carbocycles. The maximum atomic E-state index is 15.3. The summed E-state index contributed by atoms with van der Waals surface area (Å²) in [6, 6.07) is 6.99. The topological polar surface area (TPSA) is 73.4 Å². The number of amides is 2. The number of alkyl halides is 2. The Morgan fingerprint density at radius 3 is 1.50 bits per heavy atom. The molecule has 2 amide bonds. The maximum absolute atomic E-state index is 15.3. The number of halogens is 4. The van der Waals surface area contributed by atoms with Gasteiger partial charge in [0.15, 0.2) is 0 Å². The van der Waals surface area contributed by atoms with E-state index in [0.717, 1.165) is 11.4 Å². The van der Waals surface area contributed by atoms with Crippen LogP contribution in [0, 0.1) is 0 Å². The van der Waals surface area contributed by atoms with Crippen LogP contribution < -0.4 is 10.6 Å². The minimum Gasteiger partial charge on any atom is -0.324 e. The molecule has 2 aromatic rings. The first kappa shape index (κ1) is 27.0. The van der Waals surface area contributed by atoms with Gasteiger partial charge in [0.2, 0.25) is 0 Å². The number of carbonyl (C=O) groups excluding carboxylic acids is 1. The third-order valence-electron chi connectivity index (χ3n) is 6.93. The van der Waals surface area contributed by atoms with Crippen molar-refractivity contribution in [3.63, 3.8) is 0 Å². The Balaban J connectivity index is 1.15. The van der Waals surface area contributed by atoms with Crippen LogP contribution in [-0.2, 0) is 13.1 Å². The summed E-state index contributed by atoms with van der Waals surface area (Å²) in [6.45, 7) is 2.71. The van der Waals surface area contributed by atoms with Gasteiger partial charge in [-0.25, -0.2) is 13.6 Å². The zero-order chi connectivity index (χ0) is 25.6. The van der Waals surface area contributed by atoms with E-state index in [1.54, 1.807) is 46.5 Å². The number of pyridine rings is 2. The summed E-state index contributed by atoms with van der Waals surface area (Å²) in [5, 5.41) is 7.38. The van der Waals surface area contributed by atoms with Crippen molar-refractivity contribution in [2.24, 2.45) is 0 Å². The first-order valence-corrected chi connectivity index (χ1v) is 13.0. The number of rotatable bonds is 8. The fourth-order valence-electron chi connectivity index (χ4n) is 4.60. The summed E-state index contributed by atoms with van der Waals surface area (Å²) >= 11 is 11.7. The minimum absolute atomic E-state index is 0.129. The van der Waals surface area contributed by atoms with E-state index in [-0.39, 0.29) is 44.8 Å². The molecule has 4 rings (SSSR count). The number of likely N-dealkylation sites (tertiary alicyclic amines) is 2. The quantitative estimate of drug-likeness (QED) is 0.519. The van der Waals surface area contributed by atoms with Crippen molar-refractivity contribution >= 4 is 29.2 Å². The molecule has 2 saturated heterocycles. The fourth-order valence-corrected chi connectivity index (χ4v) is 4.83. The number of nitrogens with one attached hydrogen (secondary N) is 2. The van der Waals surface area contributed by atoms with E-state index >= 15 is 8.78 Å². The third kappa shape index (κ3) is 7.47. The van der Waals surface area contributed by atoms with Gasteiger partial charge in [-0.2, -0.15) is 0 Å². The Hall–Kier alpha value is -2.07. The smallest absolute Gasteiger partial charge is 0.320 e. The van der Waals surface area contributed by atoms with Crippen molar-refractivity contribution in [1.82, 2.24) is 30.4 Å². The lowest BCUT2D eigenvalue weighted by molar-refractivity contribution is 0.0397. The summed E-state index contributed by atoms with van der Waals surface area (Å²) in [5.74, 6) is 0. The fraction of sp³-hybridized carbons (Fsp3) is 0.560. The third-order valence-corrected chi connectivity index (χ3v) is 7.38. The normalized spacial score (nSPS) is 19.3. The molecule has 2 aliphatic heterocycles. The highest BCUT2D eigenvalue weighted by atomic mass is 35.5. The maximum Gasteiger partial charge on any atom is 0.320 e. The number of urea groups is 1. The van der Waals surface area contributed by atoms with Crippen molar-refractivity contribution < 1.29 is 13.6 Å². The number of hydrogen-bond donors (Lipinski definition) is 2. The summed E-state index contributed by atoms with van der Waals surface area (Å²) in [4.78, 5) is 24.7. The van der Waals surface area contributed by atoms with Gasteiger partial charge in [-0.15, -0.1) is 0 Å². The van der Waals surface area contributed by atoms with Gasteiger partial charge in [-0.1, -0.05) is 23.2 Å². The van der Waals surface area contributed by atoms with Crippen molar-refractivity contribution in [3.8, 4) is 0 Å². The minimum atomic E-state index is -1.37. The molecule has 0 aliphatic carbocycles. The SMILES string of the molecule is O=C(N1CCC(F)(CNCc2ccc(Cl)cn2)CC1)N1CCC(F)(CNCc2ccc(Cl)cn2)CC1. The Morgan fingerprint density at radius 2 is 1.17 bits per heavy atom. The Morgan fingerprint density at radius 1 is 0.778 bits per heavy atom. The number of nitrogens with zero attached hydrogens (tertiary/aromatic N) is 4. The second-order valence-electron chi connectivity index (χ2n) is 9.70. The molecule has 0 saturated carbocycles. The van der Waals surface area contributed by atoms with Gasteiger partial charge in [0.05, 0.1) is 21.4 Å². The Kier molecular flexibility index (Phi) is 8.98. The van der Waals surface area contributed by atoms with E-state index in [9.17, 15) is 4.79 Å². The Labute approximate surface area is 220 Å². The molecule has 0 unspecified atom stereocenters. The van der Waals surface area contributed by atoms with E-state index < -0.39 is 11.3 Å². The molecule has 0 radical (unpaired) electrons. The molecule has 7 nitrogen and oxygen atoms in total. The molecule has 2 N–H and O–H groups in total. The van der Waals surface area contributed by atoms with Gasteiger partial charge in [0.1, 0.15) is 11.3 Å². The largest absolute Gasteiger partial charge is 0.324 e. The van der Waals surface area contributed by atoms with E-state index in [1.807, 2.05) is 0 Å². The van der Waals surface area contributed by atoms with Gasteiger partial charge in [-0.3, -0.25) is 9.97 Å². The van der Waals surface area contributed by atoms with E-state index in [2.05, 4.69) is 20.6 Å². The highest BCUT2D eigenvalue weighted by molar-refractivity contribution is 6.30. The lowest BCUT2D eigenvalue weighted by Gasteiger charge is -2.42. The highest BCUT2D eigenvalue weighted by Gasteiger charge is 2.40. The van der Waals surface area contributed by atoms with Crippen LogP contribution in [0.2, 0.25) is 10.0 Å².